The highest BCUT2D eigenvalue weighted by molar-refractivity contribution is 6.30. The molecule has 0 aromatic heterocycles. The molecule has 1 unspecified atom stereocenters. The zero-order valence-corrected chi connectivity index (χ0v) is 8.61. The molecule has 1 aromatic carbocycles. The number of hydrogen-bond acceptors (Lipinski definition) is 1. The van der Waals surface area contributed by atoms with Crippen LogP contribution >= 0.6 is 11.6 Å². The molecular weight excluding hydrogens is 196 g/mol. The summed E-state index contributed by atoms with van der Waals surface area (Å²) in [6.45, 7) is 0. The highest BCUT2D eigenvalue weighted by atomic mass is 35.5. The van der Waals surface area contributed by atoms with Crippen molar-refractivity contribution < 1.29 is 5.11 Å². The Morgan fingerprint density at radius 3 is 2.50 bits per heavy atom. The van der Waals surface area contributed by atoms with Crippen molar-refractivity contribution in [2.75, 3.05) is 0 Å². The summed E-state index contributed by atoms with van der Waals surface area (Å²) in [5, 5.41) is 10.3. The Balaban J connectivity index is 1.98. The molecule has 1 atom stereocenters. The molecule has 1 N–H and O–H groups in total. The van der Waals surface area contributed by atoms with Gasteiger partial charge in [-0.3, -0.25) is 0 Å². The van der Waals surface area contributed by atoms with Crippen molar-refractivity contribution in [1.29, 1.82) is 0 Å². The van der Waals surface area contributed by atoms with E-state index in [1.54, 1.807) is 0 Å². The summed E-state index contributed by atoms with van der Waals surface area (Å²) in [5.74, 6) is 0.499. The first-order valence-electron chi connectivity index (χ1n) is 4.87. The van der Waals surface area contributed by atoms with Gasteiger partial charge in [0.2, 0.25) is 0 Å². The minimum atomic E-state index is -0.273. The van der Waals surface area contributed by atoms with E-state index in [1.807, 2.05) is 36.4 Å². The van der Waals surface area contributed by atoms with Gasteiger partial charge in [-0.1, -0.05) is 35.9 Å². The average Bonchev–Trinajstić information content (AvgIpc) is 3.00. The van der Waals surface area contributed by atoms with E-state index in [-0.39, 0.29) is 6.10 Å². The molecule has 74 valence electrons. The standard InChI is InChI=1S/C12H13ClO/c13-11-6-1-9(2-7-11)3-8-12(14)10-4-5-10/h1-3,6-8,10,12,14H,4-5H2/b8-3+. The summed E-state index contributed by atoms with van der Waals surface area (Å²) in [6.07, 6.45) is 5.85. The van der Waals surface area contributed by atoms with Gasteiger partial charge in [0.05, 0.1) is 6.10 Å². The van der Waals surface area contributed by atoms with E-state index < -0.39 is 0 Å². The molecule has 14 heavy (non-hydrogen) atoms. The lowest BCUT2D eigenvalue weighted by Crippen LogP contribution is -2.03. The quantitative estimate of drug-likeness (QED) is 0.809. The topological polar surface area (TPSA) is 20.2 Å². The van der Waals surface area contributed by atoms with Crippen LogP contribution < -0.4 is 0 Å². The fourth-order valence-electron chi connectivity index (χ4n) is 1.38. The summed E-state index contributed by atoms with van der Waals surface area (Å²) in [4.78, 5) is 0. The third-order valence-electron chi connectivity index (χ3n) is 2.46. The molecule has 0 amide bonds. The Kier molecular flexibility index (Phi) is 2.90. The molecule has 0 aliphatic heterocycles. The molecule has 1 saturated carbocycles. The van der Waals surface area contributed by atoms with Crippen LogP contribution in [0.25, 0.3) is 6.08 Å². The summed E-state index contributed by atoms with van der Waals surface area (Å²) < 4.78 is 0. The molecule has 1 aliphatic carbocycles. The van der Waals surface area contributed by atoms with Crippen LogP contribution in [0.2, 0.25) is 5.02 Å². The van der Waals surface area contributed by atoms with Gasteiger partial charge in [0, 0.05) is 5.02 Å². The molecule has 1 aliphatic rings. The van der Waals surface area contributed by atoms with Crippen LogP contribution in [0.3, 0.4) is 0 Å². The molecule has 0 spiro atoms. The van der Waals surface area contributed by atoms with Gasteiger partial charge in [-0.2, -0.15) is 0 Å². The summed E-state index contributed by atoms with van der Waals surface area (Å²) in [6, 6.07) is 7.59. The Labute approximate surface area is 89.0 Å². The lowest BCUT2D eigenvalue weighted by Gasteiger charge is -2.01. The predicted octanol–water partition coefficient (Wildman–Crippen LogP) is 3.12. The number of aliphatic hydroxyl groups excluding tert-OH is 1. The van der Waals surface area contributed by atoms with E-state index in [0.29, 0.717) is 5.92 Å². The van der Waals surface area contributed by atoms with E-state index in [1.165, 1.54) is 0 Å². The first-order valence-corrected chi connectivity index (χ1v) is 5.25. The van der Waals surface area contributed by atoms with Gasteiger partial charge in [-0.25, -0.2) is 0 Å². The molecule has 0 bridgehead atoms. The normalized spacial score (nSPS) is 18.7. The molecule has 1 nitrogen and oxygen atoms in total. The minimum absolute atomic E-state index is 0.273. The smallest absolute Gasteiger partial charge is 0.0752 e. The van der Waals surface area contributed by atoms with Gasteiger partial charge in [-0.05, 0) is 36.5 Å². The van der Waals surface area contributed by atoms with Gasteiger partial charge in [0.15, 0.2) is 0 Å². The number of rotatable bonds is 3. The zero-order chi connectivity index (χ0) is 9.97. The van der Waals surface area contributed by atoms with Crippen molar-refractivity contribution in [3.05, 3.63) is 40.9 Å². The third kappa shape index (κ3) is 2.60. The van der Waals surface area contributed by atoms with Crippen LogP contribution in [-0.4, -0.2) is 11.2 Å². The second-order valence-electron chi connectivity index (χ2n) is 3.74. The molecule has 2 heteroatoms. The maximum Gasteiger partial charge on any atom is 0.0752 e. The van der Waals surface area contributed by atoms with Gasteiger partial charge >= 0.3 is 0 Å². The van der Waals surface area contributed by atoms with Crippen molar-refractivity contribution >= 4 is 17.7 Å². The molecule has 1 fully saturated rings. The van der Waals surface area contributed by atoms with E-state index in [9.17, 15) is 5.11 Å². The van der Waals surface area contributed by atoms with Crippen molar-refractivity contribution in [2.24, 2.45) is 5.92 Å². The third-order valence-corrected chi connectivity index (χ3v) is 2.71. The number of hydrogen-bond donors (Lipinski definition) is 1. The number of benzene rings is 1. The Morgan fingerprint density at radius 1 is 1.29 bits per heavy atom. The fourth-order valence-corrected chi connectivity index (χ4v) is 1.50. The van der Waals surface area contributed by atoms with Crippen LogP contribution in [0.15, 0.2) is 30.3 Å². The van der Waals surface area contributed by atoms with Crippen molar-refractivity contribution in [3.8, 4) is 0 Å². The SMILES string of the molecule is OC(/C=C/c1ccc(Cl)cc1)C1CC1. The zero-order valence-electron chi connectivity index (χ0n) is 7.86. The highest BCUT2D eigenvalue weighted by Crippen LogP contribution is 2.33. The van der Waals surface area contributed by atoms with Crippen molar-refractivity contribution in [3.63, 3.8) is 0 Å². The summed E-state index contributed by atoms with van der Waals surface area (Å²) in [7, 11) is 0. The van der Waals surface area contributed by atoms with Crippen LogP contribution in [0.1, 0.15) is 18.4 Å². The Morgan fingerprint density at radius 2 is 1.93 bits per heavy atom. The largest absolute Gasteiger partial charge is 0.389 e. The van der Waals surface area contributed by atoms with E-state index in [2.05, 4.69) is 0 Å². The molecule has 0 saturated heterocycles. The van der Waals surface area contributed by atoms with Crippen LogP contribution in [-0.2, 0) is 0 Å². The van der Waals surface area contributed by atoms with E-state index in [4.69, 9.17) is 11.6 Å². The minimum Gasteiger partial charge on any atom is -0.389 e. The molecular formula is C12H13ClO. The first-order chi connectivity index (χ1) is 6.75. The van der Waals surface area contributed by atoms with Crippen LogP contribution in [0, 0.1) is 5.92 Å². The molecule has 0 radical (unpaired) electrons. The fraction of sp³-hybridized carbons (Fsp3) is 0.333. The van der Waals surface area contributed by atoms with Crippen LogP contribution in [0.5, 0.6) is 0 Å². The summed E-state index contributed by atoms with van der Waals surface area (Å²) >= 11 is 5.76. The lowest BCUT2D eigenvalue weighted by atomic mass is 10.1. The second kappa shape index (κ2) is 4.16. The Hall–Kier alpha value is -0.790. The van der Waals surface area contributed by atoms with Crippen molar-refractivity contribution in [2.45, 2.75) is 18.9 Å². The maximum absolute atomic E-state index is 9.59. The molecule has 2 rings (SSSR count). The predicted molar refractivity (Wildman–Crippen MR) is 59.2 cm³/mol. The number of halogens is 1. The van der Waals surface area contributed by atoms with Crippen LogP contribution in [0.4, 0.5) is 0 Å². The Bertz CT molecular complexity index is 325. The average molecular weight is 209 g/mol. The highest BCUT2D eigenvalue weighted by Gasteiger charge is 2.27. The first kappa shape index (κ1) is 9.75. The maximum atomic E-state index is 9.59. The van der Waals surface area contributed by atoms with Gasteiger partial charge in [0.1, 0.15) is 0 Å². The van der Waals surface area contributed by atoms with Crippen molar-refractivity contribution in [1.82, 2.24) is 0 Å². The van der Waals surface area contributed by atoms with E-state index in [0.717, 1.165) is 23.4 Å². The molecule has 0 heterocycles. The van der Waals surface area contributed by atoms with Gasteiger partial charge in [0.25, 0.3) is 0 Å². The monoisotopic (exact) mass is 208 g/mol. The summed E-state index contributed by atoms with van der Waals surface area (Å²) in [5.41, 5.74) is 1.08. The number of aliphatic hydroxyl groups is 1. The lowest BCUT2D eigenvalue weighted by molar-refractivity contribution is 0.200. The van der Waals surface area contributed by atoms with Gasteiger partial charge in [-0.15, -0.1) is 0 Å². The second-order valence-corrected chi connectivity index (χ2v) is 4.18. The molecule has 1 aromatic rings. The van der Waals surface area contributed by atoms with Gasteiger partial charge < -0.3 is 5.11 Å². The van der Waals surface area contributed by atoms with E-state index >= 15 is 0 Å².